The van der Waals surface area contributed by atoms with Crippen LogP contribution in [0.2, 0.25) is 0 Å². The minimum atomic E-state index is -0.0515. The molecule has 0 radical (unpaired) electrons. The largest absolute Gasteiger partial charge is 0.376 e. The Balaban J connectivity index is 1.30. The van der Waals surface area contributed by atoms with E-state index in [0.717, 1.165) is 17.1 Å². The van der Waals surface area contributed by atoms with Crippen molar-refractivity contribution in [2.45, 2.75) is 52.4 Å². The lowest BCUT2D eigenvalue weighted by Crippen LogP contribution is -2.60. The van der Waals surface area contributed by atoms with E-state index in [1.54, 1.807) is 0 Å². The number of hydrogen-bond donors (Lipinski definition) is 0. The minimum Gasteiger partial charge on any atom is -0.376 e. The van der Waals surface area contributed by atoms with Gasteiger partial charge in [0.1, 0.15) is 0 Å². The fourth-order valence-electron chi connectivity index (χ4n) is 9.70. The van der Waals surface area contributed by atoms with E-state index in [0.29, 0.717) is 0 Å². The monoisotopic (exact) mass is 747 g/mol. The van der Waals surface area contributed by atoms with Gasteiger partial charge in [-0.3, -0.25) is 0 Å². The second-order valence-corrected chi connectivity index (χ2v) is 18.3. The van der Waals surface area contributed by atoms with Gasteiger partial charge in [-0.15, -0.1) is 0 Å². The average Bonchev–Trinajstić information content (AvgIpc) is 3.55. The van der Waals surface area contributed by atoms with Gasteiger partial charge in [-0.05, 0) is 122 Å². The number of rotatable bonds is 4. The molecule has 4 heteroatoms. The Kier molecular flexibility index (Phi) is 7.48. The fourth-order valence-corrected chi connectivity index (χ4v) is 9.70. The lowest BCUT2D eigenvalue weighted by atomic mass is 9.44. The third kappa shape index (κ3) is 5.21. The van der Waals surface area contributed by atoms with Crippen molar-refractivity contribution in [1.82, 2.24) is 4.57 Å². The predicted octanol–water partition coefficient (Wildman–Crippen LogP) is 13.2. The Labute approximate surface area is 341 Å². The normalized spacial score (nSPS) is 13.3. The molecule has 0 amide bonds. The third-order valence-electron chi connectivity index (χ3n) is 12.6. The number of nitrogens with zero attached hydrogens (tertiary/aromatic N) is 3. The van der Waals surface area contributed by atoms with Gasteiger partial charge in [-0.1, -0.05) is 139 Å². The van der Waals surface area contributed by atoms with E-state index in [1.165, 1.54) is 82.8 Å². The van der Waals surface area contributed by atoms with Crippen LogP contribution in [0, 0.1) is 0 Å². The molecule has 0 fully saturated rings. The zero-order valence-electron chi connectivity index (χ0n) is 34.1. The second kappa shape index (κ2) is 12.5. The summed E-state index contributed by atoms with van der Waals surface area (Å²) >= 11 is 0. The van der Waals surface area contributed by atoms with Crippen LogP contribution in [0.15, 0.2) is 170 Å². The van der Waals surface area contributed by atoms with E-state index in [4.69, 9.17) is 0 Å². The van der Waals surface area contributed by atoms with Crippen LogP contribution in [0.25, 0.3) is 49.4 Å². The molecule has 0 unspecified atom stereocenters. The van der Waals surface area contributed by atoms with E-state index in [-0.39, 0.29) is 17.7 Å². The molecule has 3 nitrogen and oxygen atoms in total. The quantitative estimate of drug-likeness (QED) is 0.166. The highest BCUT2D eigenvalue weighted by molar-refractivity contribution is 6.93. The standard InChI is InChI=1S/C54H46BN3/c1-53(2,3)37-24-27-41(28-25-37)58-48-29-26-38(54(4,5)6)32-45(48)46-33-42(56(39-18-9-7-10-19-39)40-20-11-8-12-21-40)34-50-51(46)55(58)47-23-15-22-43-44-30-35-16-13-14-17-36(35)31-49(44)57(50)52(43)47/h7-34H,1-6H3. The summed E-state index contributed by atoms with van der Waals surface area (Å²) in [6, 6.07) is 63.8. The molecule has 0 saturated heterocycles. The predicted molar refractivity (Wildman–Crippen MR) is 249 cm³/mol. The van der Waals surface area contributed by atoms with E-state index in [2.05, 4.69) is 226 Å². The molecule has 2 aliphatic rings. The molecule has 0 saturated carbocycles. The maximum atomic E-state index is 2.64. The Morgan fingerprint density at radius 2 is 1.09 bits per heavy atom. The highest BCUT2D eigenvalue weighted by Gasteiger charge is 2.44. The highest BCUT2D eigenvalue weighted by atomic mass is 15.2. The van der Waals surface area contributed by atoms with Crippen molar-refractivity contribution < 1.29 is 0 Å². The number of anilines is 5. The lowest BCUT2D eigenvalue weighted by molar-refractivity contribution is 0.590. The van der Waals surface area contributed by atoms with Crippen LogP contribution in [0.5, 0.6) is 0 Å². The first kappa shape index (κ1) is 34.7. The van der Waals surface area contributed by atoms with Crippen LogP contribution >= 0.6 is 0 Å². The van der Waals surface area contributed by atoms with Gasteiger partial charge in [0.2, 0.25) is 0 Å². The smallest absolute Gasteiger partial charge is 0.333 e. The van der Waals surface area contributed by atoms with Crippen molar-refractivity contribution >= 4 is 78.8 Å². The van der Waals surface area contributed by atoms with Crippen molar-refractivity contribution in [3.05, 3.63) is 181 Å². The Bertz CT molecular complexity index is 3040. The van der Waals surface area contributed by atoms with Crippen LogP contribution in [0.3, 0.4) is 0 Å². The van der Waals surface area contributed by atoms with E-state index < -0.39 is 0 Å². The maximum Gasteiger partial charge on any atom is 0.333 e. The molecule has 9 aromatic rings. The molecule has 58 heavy (non-hydrogen) atoms. The first-order valence-electron chi connectivity index (χ1n) is 20.6. The maximum absolute atomic E-state index is 2.64. The minimum absolute atomic E-state index is 0.0285. The first-order chi connectivity index (χ1) is 28.0. The van der Waals surface area contributed by atoms with E-state index >= 15 is 0 Å². The molecule has 1 aromatic heterocycles. The first-order valence-corrected chi connectivity index (χ1v) is 20.6. The Hall–Kier alpha value is -6.52. The Morgan fingerprint density at radius 1 is 0.466 bits per heavy atom. The molecule has 11 rings (SSSR count). The van der Waals surface area contributed by atoms with Gasteiger partial charge in [0.25, 0.3) is 0 Å². The van der Waals surface area contributed by atoms with E-state index in [1.807, 2.05) is 0 Å². The second-order valence-electron chi connectivity index (χ2n) is 18.3. The fraction of sp³-hybridized carbons (Fsp3) is 0.148. The number of para-hydroxylation sites is 3. The zero-order valence-corrected chi connectivity index (χ0v) is 34.1. The van der Waals surface area contributed by atoms with Crippen molar-refractivity contribution in [2.75, 3.05) is 9.71 Å². The Morgan fingerprint density at radius 3 is 1.74 bits per heavy atom. The molecule has 0 bridgehead atoms. The van der Waals surface area contributed by atoms with Crippen molar-refractivity contribution in [2.24, 2.45) is 0 Å². The SMILES string of the molecule is CC(C)(C)c1ccc(N2B3c4c(cc(N(c5ccccc5)c5ccccc5)cc4-n4c5cc6ccccc6cc5c5cccc3c54)-c3cc(C(C)(C)C)ccc32)cc1. The summed E-state index contributed by atoms with van der Waals surface area (Å²) in [5.41, 5.74) is 17.5. The molecular weight excluding hydrogens is 701 g/mol. The van der Waals surface area contributed by atoms with Gasteiger partial charge in [0.15, 0.2) is 0 Å². The summed E-state index contributed by atoms with van der Waals surface area (Å²) in [7, 11) is 0. The molecule has 0 spiro atoms. The van der Waals surface area contributed by atoms with Crippen LogP contribution in [0.1, 0.15) is 52.7 Å². The van der Waals surface area contributed by atoms with E-state index in [9.17, 15) is 0 Å². The molecule has 0 N–H and O–H groups in total. The molecular formula is C54H46BN3. The molecule has 2 aliphatic heterocycles. The van der Waals surface area contributed by atoms with Gasteiger partial charge < -0.3 is 14.3 Å². The molecule has 0 aliphatic carbocycles. The highest BCUT2D eigenvalue weighted by Crippen LogP contribution is 2.48. The summed E-state index contributed by atoms with van der Waals surface area (Å²) in [5, 5.41) is 5.08. The summed E-state index contributed by atoms with van der Waals surface area (Å²) in [5.74, 6) is 0. The van der Waals surface area contributed by atoms with Crippen molar-refractivity contribution in [3.63, 3.8) is 0 Å². The molecule has 0 atom stereocenters. The molecule has 3 heterocycles. The van der Waals surface area contributed by atoms with Gasteiger partial charge in [0, 0.05) is 50.5 Å². The topological polar surface area (TPSA) is 11.4 Å². The van der Waals surface area contributed by atoms with Crippen LogP contribution in [0.4, 0.5) is 28.4 Å². The van der Waals surface area contributed by atoms with Gasteiger partial charge in [-0.2, -0.15) is 0 Å². The van der Waals surface area contributed by atoms with Crippen molar-refractivity contribution in [3.8, 4) is 16.8 Å². The number of fused-ring (bicyclic) bond motifs is 8. The number of aromatic nitrogens is 1. The summed E-state index contributed by atoms with van der Waals surface area (Å²) in [6.45, 7) is 13.8. The van der Waals surface area contributed by atoms with Crippen LogP contribution < -0.4 is 20.6 Å². The summed E-state index contributed by atoms with van der Waals surface area (Å²) < 4.78 is 2.60. The number of hydrogen-bond acceptors (Lipinski definition) is 2. The molecule has 8 aromatic carbocycles. The van der Waals surface area contributed by atoms with Crippen LogP contribution in [-0.4, -0.2) is 11.4 Å². The third-order valence-corrected chi connectivity index (χ3v) is 12.6. The average molecular weight is 748 g/mol. The lowest BCUT2D eigenvalue weighted by Gasteiger charge is -2.43. The zero-order chi connectivity index (χ0) is 39.5. The number of benzene rings is 8. The van der Waals surface area contributed by atoms with Crippen LogP contribution in [-0.2, 0) is 10.8 Å². The van der Waals surface area contributed by atoms with Gasteiger partial charge in [0.05, 0.1) is 11.0 Å². The summed E-state index contributed by atoms with van der Waals surface area (Å²) in [6.07, 6.45) is 0. The van der Waals surface area contributed by atoms with Gasteiger partial charge >= 0.3 is 6.85 Å². The summed E-state index contributed by atoms with van der Waals surface area (Å²) in [4.78, 5) is 5.06. The van der Waals surface area contributed by atoms with Crippen molar-refractivity contribution in [1.29, 1.82) is 0 Å². The van der Waals surface area contributed by atoms with Gasteiger partial charge in [-0.25, -0.2) is 0 Å². The molecule has 280 valence electrons.